The van der Waals surface area contributed by atoms with E-state index in [1.807, 2.05) is 13.1 Å². The van der Waals surface area contributed by atoms with Crippen LogP contribution in [0.2, 0.25) is 0 Å². The molecule has 1 aliphatic heterocycles. The predicted molar refractivity (Wildman–Crippen MR) is 44.4 cm³/mol. The van der Waals surface area contributed by atoms with E-state index in [0.29, 0.717) is 0 Å². The van der Waals surface area contributed by atoms with Gasteiger partial charge in [0.1, 0.15) is 0 Å². The van der Waals surface area contributed by atoms with Crippen molar-refractivity contribution in [3.63, 3.8) is 0 Å². The summed E-state index contributed by atoms with van der Waals surface area (Å²) in [4.78, 5) is 6.62. The van der Waals surface area contributed by atoms with Crippen LogP contribution in [0.3, 0.4) is 0 Å². The summed E-state index contributed by atoms with van der Waals surface area (Å²) in [7, 11) is 0. The first kappa shape index (κ1) is 7.73. The van der Waals surface area contributed by atoms with Gasteiger partial charge in [0.25, 0.3) is 0 Å². The molecule has 1 rings (SSSR count). The number of hydrogen-bond acceptors (Lipinski definition) is 2. The quantitative estimate of drug-likeness (QED) is 0.531. The molecule has 0 aromatic heterocycles. The third kappa shape index (κ3) is 1.81. The molecule has 58 valence electrons. The van der Waals surface area contributed by atoms with E-state index in [0.717, 1.165) is 12.7 Å². The summed E-state index contributed by atoms with van der Waals surface area (Å²) < 4.78 is 0. The molecule has 0 aromatic carbocycles. The minimum atomic E-state index is 0.753. The van der Waals surface area contributed by atoms with Gasteiger partial charge in [0.15, 0.2) is 0 Å². The Balaban J connectivity index is 2.26. The van der Waals surface area contributed by atoms with Gasteiger partial charge in [0.2, 0.25) is 0 Å². The molecule has 1 aliphatic rings. The Bertz CT molecular complexity index is 120. The molecule has 0 N–H and O–H groups in total. The van der Waals surface area contributed by atoms with Crippen LogP contribution in [0.5, 0.6) is 0 Å². The maximum Gasteiger partial charge on any atom is 0.0907 e. The van der Waals surface area contributed by atoms with E-state index in [1.54, 1.807) is 0 Å². The maximum absolute atomic E-state index is 4.21. The molecule has 0 amide bonds. The van der Waals surface area contributed by atoms with E-state index in [-0.39, 0.29) is 0 Å². The van der Waals surface area contributed by atoms with Gasteiger partial charge in [-0.05, 0) is 32.9 Å². The third-order valence-corrected chi connectivity index (χ3v) is 2.14. The molecular formula is C8H16N2. The van der Waals surface area contributed by atoms with Gasteiger partial charge >= 0.3 is 0 Å². The van der Waals surface area contributed by atoms with Crippen LogP contribution in [0.25, 0.3) is 0 Å². The molecule has 1 fully saturated rings. The minimum absolute atomic E-state index is 0.753. The van der Waals surface area contributed by atoms with Crippen LogP contribution < -0.4 is 0 Å². The van der Waals surface area contributed by atoms with Crippen LogP contribution in [0.15, 0.2) is 4.99 Å². The molecule has 0 spiro atoms. The van der Waals surface area contributed by atoms with E-state index < -0.39 is 0 Å². The molecule has 0 saturated carbocycles. The van der Waals surface area contributed by atoms with Gasteiger partial charge in [-0.2, -0.15) is 0 Å². The standard InChI is InChI=1S/C8H16N2/c1-3-9-7-10-6-4-5-8(10)2/h3,8H,4-7H2,1-2H3/t8-/m0/s1. The highest BCUT2D eigenvalue weighted by molar-refractivity contribution is 5.53. The molecule has 2 nitrogen and oxygen atoms in total. The highest BCUT2D eigenvalue weighted by Crippen LogP contribution is 2.15. The Morgan fingerprint density at radius 1 is 1.70 bits per heavy atom. The Hall–Kier alpha value is -0.370. The second-order valence-corrected chi connectivity index (χ2v) is 2.89. The van der Waals surface area contributed by atoms with Gasteiger partial charge in [0.05, 0.1) is 6.67 Å². The number of rotatable bonds is 2. The lowest BCUT2D eigenvalue weighted by Crippen LogP contribution is -2.26. The van der Waals surface area contributed by atoms with Crippen molar-refractivity contribution in [2.24, 2.45) is 4.99 Å². The highest BCUT2D eigenvalue weighted by Gasteiger charge is 2.18. The first-order valence-corrected chi connectivity index (χ1v) is 4.03. The van der Waals surface area contributed by atoms with Crippen molar-refractivity contribution in [3.05, 3.63) is 0 Å². The fraction of sp³-hybridized carbons (Fsp3) is 0.875. The smallest absolute Gasteiger partial charge is 0.0907 e. The summed E-state index contributed by atoms with van der Waals surface area (Å²) in [5.41, 5.74) is 0. The van der Waals surface area contributed by atoms with E-state index in [1.165, 1.54) is 19.4 Å². The normalized spacial score (nSPS) is 28.4. The zero-order valence-electron chi connectivity index (χ0n) is 6.88. The lowest BCUT2D eigenvalue weighted by Gasteiger charge is -2.17. The van der Waals surface area contributed by atoms with E-state index in [9.17, 15) is 0 Å². The van der Waals surface area contributed by atoms with Gasteiger partial charge in [-0.25, -0.2) is 0 Å². The lowest BCUT2D eigenvalue weighted by molar-refractivity contribution is 0.278. The minimum Gasteiger partial charge on any atom is -0.282 e. The molecular weight excluding hydrogens is 124 g/mol. The Labute approximate surface area is 62.9 Å². The summed E-state index contributed by atoms with van der Waals surface area (Å²) in [6, 6.07) is 0.753. The van der Waals surface area contributed by atoms with Crippen molar-refractivity contribution in [1.29, 1.82) is 0 Å². The zero-order chi connectivity index (χ0) is 7.40. The maximum atomic E-state index is 4.21. The Morgan fingerprint density at radius 3 is 3.00 bits per heavy atom. The van der Waals surface area contributed by atoms with Crippen LogP contribution in [0.1, 0.15) is 26.7 Å². The molecule has 1 saturated heterocycles. The second kappa shape index (κ2) is 3.71. The van der Waals surface area contributed by atoms with Crippen LogP contribution >= 0.6 is 0 Å². The molecule has 0 radical (unpaired) electrons. The number of nitrogens with zero attached hydrogens (tertiary/aromatic N) is 2. The predicted octanol–water partition coefficient (Wildman–Crippen LogP) is 1.52. The van der Waals surface area contributed by atoms with Crippen molar-refractivity contribution in [2.75, 3.05) is 13.2 Å². The average Bonchev–Trinajstić information content (AvgIpc) is 2.31. The van der Waals surface area contributed by atoms with Crippen molar-refractivity contribution in [2.45, 2.75) is 32.7 Å². The van der Waals surface area contributed by atoms with Crippen LogP contribution in [0.4, 0.5) is 0 Å². The van der Waals surface area contributed by atoms with Crippen molar-refractivity contribution in [1.82, 2.24) is 4.90 Å². The van der Waals surface area contributed by atoms with Gasteiger partial charge in [-0.1, -0.05) is 0 Å². The molecule has 0 aromatic rings. The molecule has 0 unspecified atom stereocenters. The van der Waals surface area contributed by atoms with Crippen LogP contribution in [0, 0.1) is 0 Å². The molecule has 0 bridgehead atoms. The molecule has 1 heterocycles. The Morgan fingerprint density at radius 2 is 2.50 bits per heavy atom. The highest BCUT2D eigenvalue weighted by atomic mass is 15.2. The van der Waals surface area contributed by atoms with Crippen LogP contribution in [-0.2, 0) is 0 Å². The molecule has 2 heteroatoms. The summed E-state index contributed by atoms with van der Waals surface area (Å²) in [5, 5.41) is 0. The fourth-order valence-corrected chi connectivity index (χ4v) is 1.39. The molecule has 10 heavy (non-hydrogen) atoms. The van der Waals surface area contributed by atoms with Crippen molar-refractivity contribution in [3.8, 4) is 0 Å². The van der Waals surface area contributed by atoms with Gasteiger partial charge < -0.3 is 0 Å². The van der Waals surface area contributed by atoms with Gasteiger partial charge in [0, 0.05) is 12.6 Å². The summed E-state index contributed by atoms with van der Waals surface area (Å²) in [6.07, 6.45) is 4.57. The second-order valence-electron chi connectivity index (χ2n) is 2.89. The van der Waals surface area contributed by atoms with Crippen molar-refractivity contribution < 1.29 is 0 Å². The SMILES string of the molecule is CC=NCN1CCC[C@@H]1C. The average molecular weight is 140 g/mol. The van der Waals surface area contributed by atoms with E-state index >= 15 is 0 Å². The number of hydrogen-bond donors (Lipinski definition) is 0. The monoisotopic (exact) mass is 140 g/mol. The third-order valence-electron chi connectivity index (χ3n) is 2.14. The largest absolute Gasteiger partial charge is 0.282 e. The first-order valence-electron chi connectivity index (χ1n) is 4.03. The lowest BCUT2D eigenvalue weighted by atomic mass is 10.2. The first-order chi connectivity index (χ1) is 4.84. The molecule has 0 aliphatic carbocycles. The van der Waals surface area contributed by atoms with Gasteiger partial charge in [-0.15, -0.1) is 0 Å². The summed E-state index contributed by atoms with van der Waals surface area (Å²) in [5.74, 6) is 0. The topological polar surface area (TPSA) is 15.6 Å². The van der Waals surface area contributed by atoms with Crippen LogP contribution in [-0.4, -0.2) is 30.4 Å². The van der Waals surface area contributed by atoms with E-state index in [2.05, 4.69) is 16.8 Å². The van der Waals surface area contributed by atoms with E-state index in [4.69, 9.17) is 0 Å². The van der Waals surface area contributed by atoms with Gasteiger partial charge in [-0.3, -0.25) is 9.89 Å². The number of aliphatic imine (C=N–C) groups is 1. The number of likely N-dealkylation sites (tertiary alicyclic amines) is 1. The Kier molecular flexibility index (Phi) is 2.87. The fourth-order valence-electron chi connectivity index (χ4n) is 1.39. The van der Waals surface area contributed by atoms with Crippen molar-refractivity contribution >= 4 is 6.21 Å². The summed E-state index contributed by atoms with van der Waals surface area (Å²) >= 11 is 0. The summed E-state index contributed by atoms with van der Waals surface area (Å²) in [6.45, 7) is 6.38. The zero-order valence-corrected chi connectivity index (χ0v) is 6.88. The molecule has 1 atom stereocenters.